The fraction of sp³-hybridized carbons (Fsp3) is 0.364. The number of hydrogen-bond acceptors (Lipinski definition) is 6. The van der Waals surface area contributed by atoms with Crippen LogP contribution in [0.2, 0.25) is 0 Å². The van der Waals surface area contributed by atoms with Crippen LogP contribution >= 0.6 is 11.3 Å². The summed E-state index contributed by atoms with van der Waals surface area (Å²) in [5.74, 6) is -1.14. The summed E-state index contributed by atoms with van der Waals surface area (Å²) in [4.78, 5) is 25.0. The summed E-state index contributed by atoms with van der Waals surface area (Å²) in [7, 11) is 0. The van der Waals surface area contributed by atoms with Crippen LogP contribution in [-0.2, 0) is 4.79 Å². The second-order valence-electron chi connectivity index (χ2n) is 3.92. The van der Waals surface area contributed by atoms with Crippen molar-refractivity contribution >= 4 is 23.2 Å². The minimum Gasteiger partial charge on any atom is -0.481 e. The molecular weight excluding hydrogens is 282 g/mol. The Kier molecular flexibility index (Phi) is 4.41. The second kappa shape index (κ2) is 6.24. The van der Waals surface area contributed by atoms with E-state index in [0.717, 1.165) is 0 Å². The maximum Gasteiger partial charge on any atom is 0.305 e. The van der Waals surface area contributed by atoms with Gasteiger partial charge in [0, 0.05) is 13.1 Å². The van der Waals surface area contributed by atoms with E-state index in [1.807, 2.05) is 6.92 Å². The van der Waals surface area contributed by atoms with E-state index >= 15 is 0 Å². The monoisotopic (exact) mass is 295 g/mol. The summed E-state index contributed by atoms with van der Waals surface area (Å²) < 4.78 is 1.41. The summed E-state index contributed by atoms with van der Waals surface area (Å²) in [5.41, 5.74) is 0.596. The molecule has 0 aliphatic carbocycles. The van der Waals surface area contributed by atoms with Gasteiger partial charge >= 0.3 is 5.97 Å². The number of carbonyl (C=O) groups excluding carboxylic acids is 1. The predicted molar refractivity (Wildman–Crippen MR) is 70.9 cm³/mol. The Morgan fingerprint density at radius 3 is 2.90 bits per heavy atom. The highest BCUT2D eigenvalue weighted by Gasteiger charge is 2.21. The molecule has 2 aromatic rings. The molecule has 0 saturated carbocycles. The average Bonchev–Trinajstić information content (AvgIpc) is 3.09. The standard InChI is InChI=1S/C11H13N5O3S/c1-2-15(5-3-9(17)18)11(19)10-8(4-6-20-10)16-7-12-13-14-16/h4,6-7H,2-3,5H2,1H3,(H,17,18). The van der Waals surface area contributed by atoms with Crippen molar-refractivity contribution in [3.05, 3.63) is 22.7 Å². The van der Waals surface area contributed by atoms with Crippen LogP contribution in [0.4, 0.5) is 0 Å². The highest BCUT2D eigenvalue weighted by Crippen LogP contribution is 2.22. The molecule has 9 heteroatoms. The zero-order chi connectivity index (χ0) is 14.5. The van der Waals surface area contributed by atoms with Gasteiger partial charge in [0.15, 0.2) is 0 Å². The molecule has 0 saturated heterocycles. The summed E-state index contributed by atoms with van der Waals surface area (Å²) in [6.45, 7) is 2.43. The smallest absolute Gasteiger partial charge is 0.305 e. The van der Waals surface area contributed by atoms with Gasteiger partial charge in [-0.05, 0) is 28.8 Å². The highest BCUT2D eigenvalue weighted by molar-refractivity contribution is 7.12. The van der Waals surface area contributed by atoms with Gasteiger partial charge in [-0.3, -0.25) is 9.59 Å². The molecule has 0 aliphatic heterocycles. The molecule has 20 heavy (non-hydrogen) atoms. The minimum absolute atomic E-state index is 0.0782. The van der Waals surface area contributed by atoms with Crippen LogP contribution in [0.3, 0.4) is 0 Å². The predicted octanol–water partition coefficient (Wildman–Crippen LogP) is 0.661. The molecule has 0 radical (unpaired) electrons. The van der Waals surface area contributed by atoms with Crippen LogP contribution in [0, 0.1) is 0 Å². The number of aliphatic carboxylic acids is 1. The average molecular weight is 295 g/mol. The van der Waals surface area contributed by atoms with Gasteiger partial charge in [-0.1, -0.05) is 0 Å². The molecule has 0 aliphatic rings. The van der Waals surface area contributed by atoms with Crippen LogP contribution in [0.1, 0.15) is 23.0 Å². The number of hydrogen-bond donors (Lipinski definition) is 1. The van der Waals surface area contributed by atoms with Crippen molar-refractivity contribution in [2.45, 2.75) is 13.3 Å². The molecule has 1 amide bonds. The molecule has 0 unspecified atom stereocenters. The van der Waals surface area contributed by atoms with E-state index in [9.17, 15) is 9.59 Å². The second-order valence-corrected chi connectivity index (χ2v) is 4.83. The Balaban J connectivity index is 2.20. The van der Waals surface area contributed by atoms with Crippen molar-refractivity contribution in [2.75, 3.05) is 13.1 Å². The summed E-state index contributed by atoms with van der Waals surface area (Å²) >= 11 is 1.28. The molecule has 106 valence electrons. The lowest BCUT2D eigenvalue weighted by atomic mass is 10.3. The maximum atomic E-state index is 12.4. The first-order valence-corrected chi connectivity index (χ1v) is 6.83. The van der Waals surface area contributed by atoms with E-state index < -0.39 is 5.97 Å². The Morgan fingerprint density at radius 2 is 2.30 bits per heavy atom. The van der Waals surface area contributed by atoms with Crippen LogP contribution in [0.5, 0.6) is 0 Å². The SMILES string of the molecule is CCN(CCC(=O)O)C(=O)c1sccc1-n1cnnn1. The summed E-state index contributed by atoms with van der Waals surface area (Å²) in [6.07, 6.45) is 1.33. The number of aromatic nitrogens is 4. The quantitative estimate of drug-likeness (QED) is 0.840. The van der Waals surface area contributed by atoms with Crippen molar-refractivity contribution in [3.8, 4) is 5.69 Å². The molecule has 2 heterocycles. The van der Waals surface area contributed by atoms with Gasteiger partial charge in [0.25, 0.3) is 5.91 Å². The van der Waals surface area contributed by atoms with Gasteiger partial charge in [-0.15, -0.1) is 16.4 Å². The number of tetrazole rings is 1. The van der Waals surface area contributed by atoms with Crippen molar-refractivity contribution in [1.29, 1.82) is 0 Å². The number of carboxylic acids is 1. The van der Waals surface area contributed by atoms with Crippen molar-refractivity contribution in [2.24, 2.45) is 0 Å². The van der Waals surface area contributed by atoms with Gasteiger partial charge in [-0.2, -0.15) is 4.68 Å². The number of nitrogens with zero attached hydrogens (tertiary/aromatic N) is 5. The van der Waals surface area contributed by atoms with Crippen LogP contribution < -0.4 is 0 Å². The zero-order valence-corrected chi connectivity index (χ0v) is 11.6. The van der Waals surface area contributed by atoms with Crippen molar-refractivity contribution < 1.29 is 14.7 Å². The van der Waals surface area contributed by atoms with Crippen LogP contribution in [0.25, 0.3) is 5.69 Å². The molecule has 2 aromatic heterocycles. The first kappa shape index (κ1) is 14.1. The third-order valence-corrected chi connectivity index (χ3v) is 3.59. The topological polar surface area (TPSA) is 101 Å². The molecule has 0 bridgehead atoms. The van der Waals surface area contributed by atoms with E-state index in [0.29, 0.717) is 17.1 Å². The lowest BCUT2D eigenvalue weighted by Gasteiger charge is -2.19. The molecule has 2 rings (SSSR count). The van der Waals surface area contributed by atoms with Gasteiger partial charge in [-0.25, -0.2) is 0 Å². The molecule has 0 atom stereocenters. The maximum absolute atomic E-state index is 12.4. The van der Waals surface area contributed by atoms with E-state index in [4.69, 9.17) is 5.11 Å². The molecule has 0 fully saturated rings. The van der Waals surface area contributed by atoms with Crippen LogP contribution in [0.15, 0.2) is 17.8 Å². The first-order chi connectivity index (χ1) is 9.63. The van der Waals surface area contributed by atoms with Crippen LogP contribution in [-0.4, -0.2) is 55.2 Å². The Bertz CT molecular complexity index is 595. The first-order valence-electron chi connectivity index (χ1n) is 5.95. The fourth-order valence-electron chi connectivity index (χ4n) is 1.69. The Morgan fingerprint density at radius 1 is 1.50 bits per heavy atom. The highest BCUT2D eigenvalue weighted by atomic mass is 32.1. The lowest BCUT2D eigenvalue weighted by molar-refractivity contribution is -0.137. The van der Waals surface area contributed by atoms with Gasteiger partial charge < -0.3 is 10.0 Å². The minimum atomic E-state index is -0.928. The normalized spacial score (nSPS) is 10.4. The largest absolute Gasteiger partial charge is 0.481 e. The fourth-order valence-corrected chi connectivity index (χ4v) is 2.54. The number of carbonyl (C=O) groups is 2. The summed E-state index contributed by atoms with van der Waals surface area (Å²) in [6, 6.07) is 1.75. The van der Waals surface area contributed by atoms with E-state index in [2.05, 4.69) is 15.5 Å². The summed E-state index contributed by atoms with van der Waals surface area (Å²) in [5, 5.41) is 21.3. The zero-order valence-electron chi connectivity index (χ0n) is 10.8. The van der Waals surface area contributed by atoms with Gasteiger partial charge in [0.05, 0.1) is 12.1 Å². The third kappa shape index (κ3) is 2.99. The number of amides is 1. The Hall–Kier alpha value is -2.29. The van der Waals surface area contributed by atoms with E-state index in [1.54, 1.807) is 11.4 Å². The van der Waals surface area contributed by atoms with E-state index in [-0.39, 0.29) is 18.9 Å². The molecular formula is C11H13N5O3S. The molecule has 0 aromatic carbocycles. The number of thiophene rings is 1. The molecule has 0 spiro atoms. The third-order valence-electron chi connectivity index (χ3n) is 2.70. The van der Waals surface area contributed by atoms with E-state index in [1.165, 1.54) is 27.2 Å². The number of rotatable bonds is 6. The van der Waals surface area contributed by atoms with Gasteiger partial charge in [0.2, 0.25) is 0 Å². The number of carboxylic acid groups (broad SMARTS) is 1. The Labute approximate surface area is 118 Å². The molecule has 8 nitrogen and oxygen atoms in total. The lowest BCUT2D eigenvalue weighted by Crippen LogP contribution is -2.32. The van der Waals surface area contributed by atoms with Crippen molar-refractivity contribution in [3.63, 3.8) is 0 Å². The van der Waals surface area contributed by atoms with Crippen molar-refractivity contribution in [1.82, 2.24) is 25.1 Å². The molecule has 1 N–H and O–H groups in total. The van der Waals surface area contributed by atoms with Gasteiger partial charge in [0.1, 0.15) is 11.2 Å².